The number of anilines is 1. The number of fused-ring (bicyclic) bond motifs is 2. The Balaban J connectivity index is 1.17. The number of nitrogens with one attached hydrogen (secondary N) is 2. The molecule has 2 heterocycles. The normalized spacial score (nSPS) is 25.4. The molecule has 2 N–H and O–H groups in total. The second kappa shape index (κ2) is 8.23. The van der Waals surface area contributed by atoms with Crippen molar-refractivity contribution in [1.82, 2.24) is 10.3 Å². The van der Waals surface area contributed by atoms with Crippen molar-refractivity contribution >= 4 is 45.4 Å². The van der Waals surface area contributed by atoms with E-state index in [0.717, 1.165) is 18.8 Å². The van der Waals surface area contributed by atoms with Gasteiger partial charge in [-0.1, -0.05) is 36.8 Å². The SMILES string of the molecule is CC1(C)[C@H]2CC=C(CCNC(=O)[C@@H]3CC(=O)c4sc(NC(=O)c5ccsc5)nc4C3)[C@@H]1C2. The largest absolute Gasteiger partial charge is 0.356 e. The highest BCUT2D eigenvalue weighted by Crippen LogP contribution is 2.59. The van der Waals surface area contributed by atoms with Crippen LogP contribution in [0.2, 0.25) is 0 Å². The van der Waals surface area contributed by atoms with Gasteiger partial charge in [0.2, 0.25) is 5.91 Å². The molecule has 2 aromatic rings. The number of hydrogen-bond donors (Lipinski definition) is 2. The highest BCUT2D eigenvalue weighted by Gasteiger charge is 2.50. The fraction of sp³-hybridized carbons (Fsp3) is 0.500. The zero-order valence-corrected chi connectivity index (χ0v) is 19.9. The van der Waals surface area contributed by atoms with Crippen LogP contribution in [0.3, 0.4) is 0 Å². The lowest BCUT2D eigenvalue weighted by molar-refractivity contribution is -0.125. The number of allylic oxidation sites excluding steroid dienone is 1. The Morgan fingerprint density at radius 3 is 2.84 bits per heavy atom. The van der Waals surface area contributed by atoms with Gasteiger partial charge < -0.3 is 5.32 Å². The summed E-state index contributed by atoms with van der Waals surface area (Å²) in [7, 11) is 0. The molecule has 1 fully saturated rings. The second-order valence-corrected chi connectivity index (χ2v) is 11.4. The summed E-state index contributed by atoms with van der Waals surface area (Å²) in [6, 6.07) is 1.74. The highest BCUT2D eigenvalue weighted by atomic mass is 32.1. The van der Waals surface area contributed by atoms with Crippen molar-refractivity contribution in [1.29, 1.82) is 0 Å². The molecule has 168 valence electrons. The molecule has 2 amide bonds. The standard InChI is InChI=1S/C24H27N3O3S2/c1-24(2)16-4-3-13(17(24)11-16)5-7-25-21(29)15-9-18-20(19(28)10-15)32-23(26-18)27-22(30)14-6-8-31-12-14/h3,6,8,12,15-17H,4-5,7,9-11H2,1-2H3,(H,25,29)(H,26,27,30)/t15-,16-,17-/m0/s1. The van der Waals surface area contributed by atoms with Crippen LogP contribution in [0, 0.1) is 23.2 Å². The molecule has 8 heteroatoms. The van der Waals surface area contributed by atoms with Gasteiger partial charge in [0.05, 0.1) is 22.1 Å². The minimum atomic E-state index is -0.401. The van der Waals surface area contributed by atoms with E-state index in [1.165, 1.54) is 34.7 Å². The van der Waals surface area contributed by atoms with Gasteiger partial charge in [-0.15, -0.1) is 0 Å². The van der Waals surface area contributed by atoms with E-state index in [4.69, 9.17) is 0 Å². The molecule has 4 aliphatic rings. The van der Waals surface area contributed by atoms with Crippen molar-refractivity contribution < 1.29 is 14.4 Å². The van der Waals surface area contributed by atoms with Gasteiger partial charge in [-0.2, -0.15) is 11.3 Å². The number of carbonyl (C=O) groups is 3. The van der Waals surface area contributed by atoms with Crippen LogP contribution in [0.25, 0.3) is 0 Å². The summed E-state index contributed by atoms with van der Waals surface area (Å²) in [5, 5.41) is 9.83. The minimum Gasteiger partial charge on any atom is -0.356 e. The molecule has 0 radical (unpaired) electrons. The third kappa shape index (κ3) is 3.83. The monoisotopic (exact) mass is 469 g/mol. The van der Waals surface area contributed by atoms with Gasteiger partial charge in [-0.3, -0.25) is 19.7 Å². The van der Waals surface area contributed by atoms with Crippen LogP contribution in [0.1, 0.15) is 65.3 Å². The maximum absolute atomic E-state index is 12.8. The highest BCUT2D eigenvalue weighted by molar-refractivity contribution is 7.17. The maximum Gasteiger partial charge on any atom is 0.258 e. The predicted octanol–water partition coefficient (Wildman–Crippen LogP) is 4.70. The molecule has 4 aliphatic carbocycles. The van der Waals surface area contributed by atoms with Crippen LogP contribution < -0.4 is 10.6 Å². The summed E-state index contributed by atoms with van der Waals surface area (Å²) in [6.07, 6.45) is 6.31. The molecule has 0 unspecified atom stereocenters. The molecule has 0 aliphatic heterocycles. The first-order valence-electron chi connectivity index (χ1n) is 11.2. The van der Waals surface area contributed by atoms with Gasteiger partial charge in [0.15, 0.2) is 10.9 Å². The van der Waals surface area contributed by atoms with Gasteiger partial charge in [-0.05, 0) is 48.0 Å². The predicted molar refractivity (Wildman–Crippen MR) is 126 cm³/mol. The number of hydrogen-bond acceptors (Lipinski definition) is 6. The van der Waals surface area contributed by atoms with Crippen LogP contribution in [-0.4, -0.2) is 29.1 Å². The summed E-state index contributed by atoms with van der Waals surface area (Å²) >= 11 is 2.64. The van der Waals surface area contributed by atoms with E-state index in [1.54, 1.807) is 11.4 Å². The number of carbonyl (C=O) groups excluding carboxylic acids is 3. The first-order valence-corrected chi connectivity index (χ1v) is 12.9. The van der Waals surface area contributed by atoms with E-state index < -0.39 is 5.92 Å². The molecule has 3 atom stereocenters. The van der Waals surface area contributed by atoms with E-state index >= 15 is 0 Å². The Hall–Kier alpha value is -2.32. The Kier molecular flexibility index (Phi) is 5.53. The third-order valence-corrected chi connectivity index (χ3v) is 9.23. The molecule has 32 heavy (non-hydrogen) atoms. The van der Waals surface area contributed by atoms with Crippen LogP contribution in [0.15, 0.2) is 28.5 Å². The molecule has 0 aromatic carbocycles. The van der Waals surface area contributed by atoms with Crippen molar-refractivity contribution in [2.45, 2.75) is 46.0 Å². The number of aromatic nitrogens is 1. The van der Waals surface area contributed by atoms with Gasteiger partial charge in [0, 0.05) is 24.8 Å². The molecule has 6 nitrogen and oxygen atoms in total. The van der Waals surface area contributed by atoms with Crippen LogP contribution in [0.5, 0.6) is 0 Å². The van der Waals surface area contributed by atoms with Crippen LogP contribution in [0.4, 0.5) is 5.13 Å². The number of nitrogens with zero attached hydrogens (tertiary/aromatic N) is 1. The van der Waals surface area contributed by atoms with Crippen molar-refractivity contribution in [2.24, 2.45) is 23.2 Å². The summed E-state index contributed by atoms with van der Waals surface area (Å²) < 4.78 is 0. The van der Waals surface area contributed by atoms with Crippen molar-refractivity contribution in [2.75, 3.05) is 11.9 Å². The Morgan fingerprint density at radius 1 is 1.28 bits per heavy atom. The average Bonchev–Trinajstić information content (AvgIpc) is 3.43. The second-order valence-electron chi connectivity index (χ2n) is 9.65. The summed E-state index contributed by atoms with van der Waals surface area (Å²) in [5.74, 6) is 0.667. The van der Waals surface area contributed by atoms with Crippen molar-refractivity contribution in [3.63, 3.8) is 0 Å². The Labute approximate surface area is 195 Å². The van der Waals surface area contributed by atoms with Gasteiger partial charge in [0.1, 0.15) is 0 Å². The zero-order valence-electron chi connectivity index (χ0n) is 18.3. The first-order chi connectivity index (χ1) is 15.3. The van der Waals surface area contributed by atoms with Crippen molar-refractivity contribution in [3.8, 4) is 0 Å². The molecular formula is C24H27N3O3S2. The quantitative estimate of drug-likeness (QED) is 0.600. The first kappa shape index (κ1) is 21.5. The van der Waals surface area contributed by atoms with E-state index in [1.807, 2.05) is 5.38 Å². The lowest BCUT2D eigenvalue weighted by Crippen LogP contribution is -2.48. The third-order valence-electron chi connectivity index (χ3n) is 7.49. The van der Waals surface area contributed by atoms with Gasteiger partial charge in [0.25, 0.3) is 5.91 Å². The number of ketones is 1. The van der Waals surface area contributed by atoms with E-state index in [0.29, 0.717) is 45.6 Å². The summed E-state index contributed by atoms with van der Waals surface area (Å²) in [5.41, 5.74) is 3.05. The molecule has 6 rings (SSSR count). The van der Waals surface area contributed by atoms with Gasteiger partial charge >= 0.3 is 0 Å². The number of Topliss-reactive ketones (excluding diaryl/α,β-unsaturated/α-hetero) is 1. The lowest BCUT2D eigenvalue weighted by Gasteiger charge is -2.56. The van der Waals surface area contributed by atoms with E-state index in [2.05, 4.69) is 35.5 Å². The molecule has 1 saturated carbocycles. The number of rotatable bonds is 6. The molecule has 0 spiro atoms. The Bertz CT molecular complexity index is 1100. The van der Waals surface area contributed by atoms with Crippen LogP contribution >= 0.6 is 22.7 Å². The summed E-state index contributed by atoms with van der Waals surface area (Å²) in [6.45, 7) is 5.32. The zero-order chi connectivity index (χ0) is 22.5. The van der Waals surface area contributed by atoms with Crippen LogP contribution in [-0.2, 0) is 11.2 Å². The lowest BCUT2D eigenvalue weighted by atomic mass is 9.48. The van der Waals surface area contributed by atoms with Gasteiger partial charge in [-0.25, -0.2) is 4.98 Å². The fourth-order valence-electron chi connectivity index (χ4n) is 5.36. The molecular weight excluding hydrogens is 442 g/mol. The molecule has 2 bridgehead atoms. The minimum absolute atomic E-state index is 0.0721. The number of thiophene rings is 1. The average molecular weight is 470 g/mol. The summed E-state index contributed by atoms with van der Waals surface area (Å²) in [4.78, 5) is 42.7. The smallest absolute Gasteiger partial charge is 0.258 e. The van der Waals surface area contributed by atoms with Crippen molar-refractivity contribution in [3.05, 3.63) is 44.6 Å². The van der Waals surface area contributed by atoms with E-state index in [-0.39, 0.29) is 24.0 Å². The Morgan fingerprint density at radius 2 is 2.12 bits per heavy atom. The van der Waals surface area contributed by atoms with E-state index in [9.17, 15) is 14.4 Å². The number of thiazole rings is 1. The topological polar surface area (TPSA) is 88.2 Å². The molecule has 0 saturated heterocycles. The maximum atomic E-state index is 12.8. The fourth-order valence-corrected chi connectivity index (χ4v) is 6.94. The molecule has 2 aromatic heterocycles. The number of amides is 2.